The van der Waals surface area contributed by atoms with Crippen LogP contribution in [0.15, 0.2) is 34.9 Å². The zero-order chi connectivity index (χ0) is 30.2. The van der Waals surface area contributed by atoms with Gasteiger partial charge in [0.2, 0.25) is 11.8 Å². The molecule has 1 saturated heterocycles. The van der Waals surface area contributed by atoms with Crippen LogP contribution in [0.25, 0.3) is 10.9 Å². The molecule has 11 heteroatoms. The second-order valence-corrected chi connectivity index (χ2v) is 12.2. The maximum absolute atomic E-state index is 14.5. The third-order valence-corrected chi connectivity index (χ3v) is 8.53. The zero-order valence-electron chi connectivity index (χ0n) is 24.8. The predicted molar refractivity (Wildman–Crippen MR) is 156 cm³/mol. The van der Waals surface area contributed by atoms with E-state index in [0.717, 1.165) is 42.1 Å². The third-order valence-electron chi connectivity index (χ3n) is 8.53. The number of morpholine rings is 1. The molecule has 3 N–H and O–H groups in total. The summed E-state index contributed by atoms with van der Waals surface area (Å²) < 4.78 is 14.1. The summed E-state index contributed by atoms with van der Waals surface area (Å²) in [4.78, 5) is 47.8. The van der Waals surface area contributed by atoms with E-state index in [1.54, 1.807) is 4.90 Å². The Labute approximate surface area is 245 Å². The van der Waals surface area contributed by atoms with Gasteiger partial charge < -0.3 is 29.5 Å². The molecule has 3 heterocycles. The number of nitrogens with two attached hydrogens (primary N) is 1. The standard InChI is InChI=1S/C31H41N5O6/c1-19(2)15-23(32)28(37)36(30(40)35-13-14-41-31(18-35)11-7-8-12-31)25(27-33-26(29(38)39)20(3)42-27)16-21-17-34(4)24-10-6-5-9-22(21)24/h5-6,9-10,17,19,23,25H,7-8,11-16,18,32H2,1-4H3,(H,38,39)/t23-,25+/m0/s1. The summed E-state index contributed by atoms with van der Waals surface area (Å²) in [6.07, 6.45) is 6.27. The molecule has 5 rings (SSSR count). The van der Waals surface area contributed by atoms with Gasteiger partial charge in [-0.05, 0) is 43.7 Å². The van der Waals surface area contributed by atoms with E-state index in [4.69, 9.17) is 14.9 Å². The molecule has 0 unspecified atom stereocenters. The van der Waals surface area contributed by atoms with Crippen molar-refractivity contribution in [1.29, 1.82) is 0 Å². The van der Waals surface area contributed by atoms with E-state index in [0.29, 0.717) is 26.1 Å². The monoisotopic (exact) mass is 579 g/mol. The van der Waals surface area contributed by atoms with Crippen LogP contribution in [0.5, 0.6) is 0 Å². The Hall–Kier alpha value is -3.70. The van der Waals surface area contributed by atoms with E-state index in [2.05, 4.69) is 4.98 Å². The molecule has 3 amide bonds. The van der Waals surface area contributed by atoms with E-state index < -0.39 is 35.6 Å². The fraction of sp³-hybridized carbons (Fsp3) is 0.548. The van der Waals surface area contributed by atoms with Gasteiger partial charge in [0, 0.05) is 37.1 Å². The number of fused-ring (bicyclic) bond motifs is 1. The lowest BCUT2D eigenvalue weighted by Gasteiger charge is -2.43. The van der Waals surface area contributed by atoms with Gasteiger partial charge in [-0.25, -0.2) is 19.5 Å². The zero-order valence-corrected chi connectivity index (χ0v) is 24.8. The highest BCUT2D eigenvalue weighted by Crippen LogP contribution is 2.37. The van der Waals surface area contributed by atoms with Crippen molar-refractivity contribution in [3.63, 3.8) is 0 Å². The van der Waals surface area contributed by atoms with Crippen molar-refractivity contribution in [3.05, 3.63) is 53.4 Å². The summed E-state index contributed by atoms with van der Waals surface area (Å²) in [5.41, 5.74) is 7.63. The Morgan fingerprint density at radius 2 is 1.90 bits per heavy atom. The number of carbonyl (C=O) groups is 3. The number of carboxylic acids is 1. The van der Waals surface area contributed by atoms with Crippen molar-refractivity contribution < 1.29 is 28.6 Å². The topological polar surface area (TPSA) is 144 Å². The van der Waals surface area contributed by atoms with Gasteiger partial charge in [0.25, 0.3) is 0 Å². The molecular formula is C31H41N5O6. The maximum Gasteiger partial charge on any atom is 0.358 e. The quantitative estimate of drug-likeness (QED) is 0.399. The van der Waals surface area contributed by atoms with E-state index in [-0.39, 0.29) is 29.7 Å². The van der Waals surface area contributed by atoms with Crippen LogP contribution < -0.4 is 5.73 Å². The number of aromatic carboxylic acids is 1. The summed E-state index contributed by atoms with van der Waals surface area (Å²) >= 11 is 0. The number of imide groups is 1. The van der Waals surface area contributed by atoms with Gasteiger partial charge in [-0.1, -0.05) is 44.9 Å². The molecule has 0 bridgehead atoms. The minimum Gasteiger partial charge on any atom is -0.476 e. The van der Waals surface area contributed by atoms with Crippen molar-refractivity contribution in [2.75, 3.05) is 19.7 Å². The number of carbonyl (C=O) groups excluding carboxylic acids is 2. The molecule has 226 valence electrons. The Bertz CT molecular complexity index is 1470. The molecule has 0 radical (unpaired) electrons. The lowest BCUT2D eigenvalue weighted by molar-refractivity contribution is -0.135. The highest BCUT2D eigenvalue weighted by atomic mass is 16.5. The number of hydrogen-bond acceptors (Lipinski definition) is 7. The Balaban J connectivity index is 1.61. The number of aryl methyl sites for hydroxylation is 2. The van der Waals surface area contributed by atoms with Crippen LogP contribution >= 0.6 is 0 Å². The van der Waals surface area contributed by atoms with Gasteiger partial charge in [-0.15, -0.1) is 0 Å². The molecule has 3 aromatic rings. The smallest absolute Gasteiger partial charge is 0.358 e. The number of ether oxygens (including phenoxy) is 1. The molecule has 1 spiro atoms. The fourth-order valence-electron chi connectivity index (χ4n) is 6.49. The Morgan fingerprint density at radius 3 is 2.57 bits per heavy atom. The van der Waals surface area contributed by atoms with Gasteiger partial charge in [0.05, 0.1) is 24.8 Å². The van der Waals surface area contributed by atoms with Crippen LogP contribution in [0, 0.1) is 12.8 Å². The first kappa shape index (κ1) is 29.8. The average Bonchev–Trinajstić information content (AvgIpc) is 3.65. The summed E-state index contributed by atoms with van der Waals surface area (Å²) in [6.45, 7) is 6.53. The number of aromatic nitrogens is 2. The minimum atomic E-state index is -1.25. The number of rotatable bonds is 8. The van der Waals surface area contributed by atoms with Crippen LogP contribution in [-0.4, -0.2) is 73.7 Å². The van der Waals surface area contributed by atoms with Crippen LogP contribution in [0.2, 0.25) is 0 Å². The molecule has 2 fully saturated rings. The van der Waals surface area contributed by atoms with Crippen molar-refractivity contribution in [1.82, 2.24) is 19.4 Å². The van der Waals surface area contributed by atoms with E-state index >= 15 is 0 Å². The van der Waals surface area contributed by atoms with Crippen LogP contribution in [0.3, 0.4) is 0 Å². The van der Waals surface area contributed by atoms with Gasteiger partial charge in [-0.2, -0.15) is 0 Å². The van der Waals surface area contributed by atoms with Gasteiger partial charge in [0.15, 0.2) is 5.69 Å². The van der Waals surface area contributed by atoms with Crippen LogP contribution in [0.4, 0.5) is 4.79 Å². The van der Waals surface area contributed by atoms with Gasteiger partial charge >= 0.3 is 12.0 Å². The molecule has 2 aromatic heterocycles. The number of hydrogen-bond donors (Lipinski definition) is 2. The summed E-state index contributed by atoms with van der Waals surface area (Å²) in [6, 6.07) is 5.39. The average molecular weight is 580 g/mol. The first-order valence-electron chi connectivity index (χ1n) is 14.7. The molecule has 2 aliphatic rings. The molecule has 1 aromatic carbocycles. The van der Waals surface area contributed by atoms with Crippen LogP contribution in [-0.2, 0) is 23.0 Å². The SMILES string of the molecule is Cc1oc([C@@H](Cc2cn(C)c3ccccc23)N(C(=O)[C@@H](N)CC(C)C)C(=O)N2CCOC3(CCCC3)C2)nc1C(=O)O. The summed E-state index contributed by atoms with van der Waals surface area (Å²) in [5.74, 6) is -1.59. The summed E-state index contributed by atoms with van der Waals surface area (Å²) in [7, 11) is 1.93. The van der Waals surface area contributed by atoms with E-state index in [1.807, 2.05) is 55.9 Å². The number of benzene rings is 1. The number of nitrogens with zero attached hydrogens (tertiary/aromatic N) is 4. The van der Waals surface area contributed by atoms with Gasteiger partial charge in [-0.3, -0.25) is 4.79 Å². The van der Waals surface area contributed by atoms with E-state index in [1.165, 1.54) is 11.8 Å². The first-order valence-corrected chi connectivity index (χ1v) is 14.7. The molecule has 2 atom stereocenters. The number of para-hydroxylation sites is 1. The Kier molecular flexibility index (Phi) is 8.43. The van der Waals surface area contributed by atoms with Crippen molar-refractivity contribution in [2.24, 2.45) is 18.7 Å². The normalized spacial score (nSPS) is 18.1. The molecule has 42 heavy (non-hydrogen) atoms. The number of oxazole rings is 1. The first-order chi connectivity index (χ1) is 20.0. The van der Waals surface area contributed by atoms with Crippen LogP contribution in [0.1, 0.15) is 79.7 Å². The fourth-order valence-corrected chi connectivity index (χ4v) is 6.49. The Morgan fingerprint density at radius 1 is 1.19 bits per heavy atom. The minimum absolute atomic E-state index is 0.0138. The summed E-state index contributed by atoms with van der Waals surface area (Å²) in [5, 5.41) is 10.7. The molecular weight excluding hydrogens is 538 g/mol. The number of amides is 3. The third kappa shape index (κ3) is 5.80. The molecule has 1 aliphatic carbocycles. The number of carboxylic acid groups (broad SMARTS) is 1. The molecule has 1 saturated carbocycles. The highest BCUT2D eigenvalue weighted by Gasteiger charge is 2.45. The second kappa shape index (κ2) is 11.9. The van der Waals surface area contributed by atoms with Crippen molar-refractivity contribution >= 4 is 28.8 Å². The van der Waals surface area contributed by atoms with E-state index in [9.17, 15) is 19.5 Å². The number of urea groups is 1. The molecule has 11 nitrogen and oxygen atoms in total. The van der Waals surface area contributed by atoms with Crippen molar-refractivity contribution in [3.8, 4) is 0 Å². The second-order valence-electron chi connectivity index (χ2n) is 12.2. The van der Waals surface area contributed by atoms with Gasteiger partial charge in [0.1, 0.15) is 11.8 Å². The lowest BCUT2D eigenvalue weighted by atomic mass is 9.98. The lowest BCUT2D eigenvalue weighted by Crippen LogP contribution is -2.59. The molecule has 1 aliphatic heterocycles. The highest BCUT2D eigenvalue weighted by molar-refractivity contribution is 5.98. The predicted octanol–water partition coefficient (Wildman–Crippen LogP) is 4.42. The maximum atomic E-state index is 14.5. The van der Waals surface area contributed by atoms with Crippen molar-refractivity contribution in [2.45, 2.75) is 77.0 Å². The largest absolute Gasteiger partial charge is 0.476 e.